The van der Waals surface area contributed by atoms with Gasteiger partial charge in [0.2, 0.25) is 5.91 Å². The Morgan fingerprint density at radius 3 is 2.24 bits per heavy atom. The standard InChI is InChI=1S/C13H14F5NO2/c1-2-19(8-13(16,17)18)11(20)7-9-3-5-10(6-4-9)21-12(14)15/h3-6,12H,2,7-8H2,1H3. The summed E-state index contributed by atoms with van der Waals surface area (Å²) in [6, 6.07) is 5.18. The number of nitrogens with zero attached hydrogens (tertiary/aromatic N) is 1. The van der Waals surface area contributed by atoms with E-state index < -0.39 is 25.2 Å². The Labute approximate surface area is 118 Å². The van der Waals surface area contributed by atoms with E-state index in [2.05, 4.69) is 4.74 Å². The number of carbonyl (C=O) groups excluding carboxylic acids is 1. The number of rotatable bonds is 6. The molecule has 0 radical (unpaired) electrons. The van der Waals surface area contributed by atoms with Gasteiger partial charge in [0.25, 0.3) is 0 Å². The Bertz CT molecular complexity index is 459. The molecule has 0 aromatic heterocycles. The van der Waals surface area contributed by atoms with Crippen molar-refractivity contribution in [1.29, 1.82) is 0 Å². The van der Waals surface area contributed by atoms with Gasteiger partial charge >= 0.3 is 12.8 Å². The Balaban J connectivity index is 2.64. The van der Waals surface area contributed by atoms with Gasteiger partial charge in [0, 0.05) is 6.54 Å². The average molecular weight is 311 g/mol. The zero-order valence-corrected chi connectivity index (χ0v) is 11.2. The molecule has 0 saturated carbocycles. The number of hydrogen-bond donors (Lipinski definition) is 0. The van der Waals surface area contributed by atoms with Crippen LogP contribution in [0.15, 0.2) is 24.3 Å². The van der Waals surface area contributed by atoms with Crippen LogP contribution in [0.3, 0.4) is 0 Å². The predicted octanol–water partition coefficient (Wildman–Crippen LogP) is 3.24. The molecule has 0 aliphatic rings. The van der Waals surface area contributed by atoms with Crippen molar-refractivity contribution in [2.45, 2.75) is 26.1 Å². The highest BCUT2D eigenvalue weighted by Crippen LogP contribution is 2.18. The fourth-order valence-corrected chi connectivity index (χ4v) is 1.67. The molecule has 1 amide bonds. The van der Waals surface area contributed by atoms with Crippen LogP contribution >= 0.6 is 0 Å². The number of hydrogen-bond acceptors (Lipinski definition) is 2. The lowest BCUT2D eigenvalue weighted by Gasteiger charge is -2.22. The third-order valence-electron chi connectivity index (χ3n) is 2.61. The second-order valence-electron chi connectivity index (χ2n) is 4.22. The maximum Gasteiger partial charge on any atom is 0.406 e. The van der Waals surface area contributed by atoms with Crippen molar-refractivity contribution in [3.63, 3.8) is 0 Å². The van der Waals surface area contributed by atoms with E-state index >= 15 is 0 Å². The Kier molecular flexibility index (Phi) is 5.92. The van der Waals surface area contributed by atoms with Gasteiger partial charge in [-0.2, -0.15) is 22.0 Å². The van der Waals surface area contributed by atoms with E-state index in [1.54, 1.807) is 0 Å². The van der Waals surface area contributed by atoms with E-state index in [-0.39, 0.29) is 18.7 Å². The lowest BCUT2D eigenvalue weighted by molar-refractivity contribution is -0.160. The molecule has 0 fully saturated rings. The molecule has 8 heteroatoms. The molecule has 118 valence electrons. The Hall–Kier alpha value is -1.86. The molecular weight excluding hydrogens is 297 g/mol. The number of carbonyl (C=O) groups is 1. The maximum atomic E-state index is 12.3. The second kappa shape index (κ2) is 7.24. The van der Waals surface area contributed by atoms with Gasteiger partial charge in [0.15, 0.2) is 0 Å². The first-order valence-electron chi connectivity index (χ1n) is 6.09. The molecule has 0 N–H and O–H groups in total. The summed E-state index contributed by atoms with van der Waals surface area (Å²) in [4.78, 5) is 12.4. The Morgan fingerprint density at radius 1 is 1.24 bits per heavy atom. The van der Waals surface area contributed by atoms with Crippen LogP contribution < -0.4 is 4.74 Å². The van der Waals surface area contributed by atoms with Crippen LogP contribution in [-0.4, -0.2) is 36.7 Å². The smallest absolute Gasteiger partial charge is 0.406 e. The largest absolute Gasteiger partial charge is 0.435 e. The summed E-state index contributed by atoms with van der Waals surface area (Å²) < 4.78 is 64.9. The Morgan fingerprint density at radius 2 is 1.81 bits per heavy atom. The highest BCUT2D eigenvalue weighted by molar-refractivity contribution is 5.78. The summed E-state index contributed by atoms with van der Waals surface area (Å²) in [5.41, 5.74) is 0.419. The minimum absolute atomic E-state index is 0.0646. The summed E-state index contributed by atoms with van der Waals surface area (Å²) in [7, 11) is 0. The van der Waals surface area contributed by atoms with Gasteiger partial charge in [-0.15, -0.1) is 0 Å². The summed E-state index contributed by atoms with van der Waals surface area (Å²) in [6.07, 6.45) is -4.69. The second-order valence-corrected chi connectivity index (χ2v) is 4.22. The normalized spacial score (nSPS) is 11.6. The number of halogens is 5. The van der Waals surface area contributed by atoms with Gasteiger partial charge < -0.3 is 9.64 Å². The SMILES string of the molecule is CCN(CC(F)(F)F)C(=O)Cc1ccc(OC(F)F)cc1. The minimum Gasteiger partial charge on any atom is -0.435 e. The molecular formula is C13H14F5NO2. The fraction of sp³-hybridized carbons (Fsp3) is 0.462. The first-order valence-corrected chi connectivity index (χ1v) is 6.09. The van der Waals surface area contributed by atoms with Gasteiger partial charge in [-0.3, -0.25) is 4.79 Å². The zero-order chi connectivity index (χ0) is 16.0. The van der Waals surface area contributed by atoms with E-state index in [4.69, 9.17) is 0 Å². The number of ether oxygens (including phenoxy) is 1. The van der Waals surface area contributed by atoms with Crippen molar-refractivity contribution in [2.24, 2.45) is 0 Å². The third kappa shape index (κ3) is 6.42. The zero-order valence-electron chi connectivity index (χ0n) is 11.2. The summed E-state index contributed by atoms with van der Waals surface area (Å²) in [6.45, 7) is -2.89. The predicted molar refractivity (Wildman–Crippen MR) is 65.1 cm³/mol. The summed E-state index contributed by atoms with van der Waals surface area (Å²) in [5.74, 6) is -0.763. The number of benzene rings is 1. The van der Waals surface area contributed by atoms with E-state index in [0.717, 1.165) is 0 Å². The molecule has 0 spiro atoms. The van der Waals surface area contributed by atoms with Crippen LogP contribution in [0.1, 0.15) is 12.5 Å². The molecule has 0 bridgehead atoms. The number of amides is 1. The third-order valence-corrected chi connectivity index (χ3v) is 2.61. The lowest BCUT2D eigenvalue weighted by Crippen LogP contribution is -2.39. The monoisotopic (exact) mass is 311 g/mol. The molecule has 0 aliphatic carbocycles. The van der Waals surface area contributed by atoms with E-state index in [1.165, 1.54) is 31.2 Å². The highest BCUT2D eigenvalue weighted by atomic mass is 19.4. The molecule has 3 nitrogen and oxygen atoms in total. The van der Waals surface area contributed by atoms with Crippen LogP contribution in [0.2, 0.25) is 0 Å². The summed E-state index contributed by atoms with van der Waals surface area (Å²) in [5, 5.41) is 0. The van der Waals surface area contributed by atoms with Gasteiger partial charge in [-0.1, -0.05) is 12.1 Å². The van der Waals surface area contributed by atoms with Crippen LogP contribution in [0.5, 0.6) is 5.75 Å². The molecule has 1 aromatic carbocycles. The maximum absolute atomic E-state index is 12.3. The van der Waals surface area contributed by atoms with Crippen molar-refractivity contribution < 1.29 is 31.5 Å². The van der Waals surface area contributed by atoms with Crippen molar-refractivity contribution in [3.8, 4) is 5.75 Å². The van der Waals surface area contributed by atoms with E-state index in [1.807, 2.05) is 0 Å². The topological polar surface area (TPSA) is 29.5 Å². The van der Waals surface area contributed by atoms with Crippen molar-refractivity contribution >= 4 is 5.91 Å². The van der Waals surface area contributed by atoms with Crippen LogP contribution in [0.25, 0.3) is 0 Å². The van der Waals surface area contributed by atoms with E-state index in [0.29, 0.717) is 10.5 Å². The molecule has 0 aliphatic heterocycles. The average Bonchev–Trinajstić information content (AvgIpc) is 2.36. The molecule has 0 unspecified atom stereocenters. The molecule has 0 heterocycles. The molecule has 0 saturated heterocycles. The first kappa shape index (κ1) is 17.2. The van der Waals surface area contributed by atoms with Gasteiger partial charge in [0.05, 0.1) is 6.42 Å². The summed E-state index contributed by atoms with van der Waals surface area (Å²) >= 11 is 0. The lowest BCUT2D eigenvalue weighted by atomic mass is 10.1. The van der Waals surface area contributed by atoms with Gasteiger partial charge in [0.1, 0.15) is 12.3 Å². The van der Waals surface area contributed by atoms with Crippen LogP contribution in [-0.2, 0) is 11.2 Å². The van der Waals surface area contributed by atoms with Crippen molar-refractivity contribution in [1.82, 2.24) is 4.90 Å². The molecule has 21 heavy (non-hydrogen) atoms. The molecule has 0 atom stereocenters. The van der Waals surface area contributed by atoms with Crippen LogP contribution in [0.4, 0.5) is 22.0 Å². The quantitative estimate of drug-likeness (QED) is 0.755. The minimum atomic E-state index is -4.46. The van der Waals surface area contributed by atoms with Crippen molar-refractivity contribution in [3.05, 3.63) is 29.8 Å². The number of alkyl halides is 5. The molecule has 1 rings (SSSR count). The number of likely N-dealkylation sites (N-methyl/N-ethyl adjacent to an activating group) is 1. The fourth-order valence-electron chi connectivity index (χ4n) is 1.67. The van der Waals surface area contributed by atoms with Gasteiger partial charge in [-0.25, -0.2) is 0 Å². The van der Waals surface area contributed by atoms with Crippen molar-refractivity contribution in [2.75, 3.05) is 13.1 Å². The first-order chi connectivity index (χ1) is 9.71. The van der Waals surface area contributed by atoms with Crippen LogP contribution in [0, 0.1) is 0 Å². The van der Waals surface area contributed by atoms with Gasteiger partial charge in [-0.05, 0) is 24.6 Å². The highest BCUT2D eigenvalue weighted by Gasteiger charge is 2.32. The molecule has 1 aromatic rings. The van der Waals surface area contributed by atoms with E-state index in [9.17, 15) is 26.7 Å².